The third-order valence-corrected chi connectivity index (χ3v) is 9.08. The molecule has 3 aromatic rings. The summed E-state index contributed by atoms with van der Waals surface area (Å²) < 4.78 is 28.6. The lowest BCUT2D eigenvalue weighted by molar-refractivity contribution is 0.258. The van der Waals surface area contributed by atoms with Crippen molar-refractivity contribution in [3.63, 3.8) is 0 Å². The predicted octanol–water partition coefficient (Wildman–Crippen LogP) is 4.51. The van der Waals surface area contributed by atoms with E-state index in [1.165, 1.54) is 22.5 Å². The molecular formula is C22H27N3O2S3. The Labute approximate surface area is 186 Å². The van der Waals surface area contributed by atoms with Crippen molar-refractivity contribution in [1.82, 2.24) is 14.6 Å². The molecular weight excluding hydrogens is 434 g/mol. The zero-order chi connectivity index (χ0) is 21.4. The quantitative estimate of drug-likeness (QED) is 0.587. The van der Waals surface area contributed by atoms with Crippen molar-refractivity contribution < 1.29 is 8.42 Å². The van der Waals surface area contributed by atoms with Crippen molar-refractivity contribution in [2.24, 2.45) is 0 Å². The minimum Gasteiger partial charge on any atom is -0.297 e. The fourth-order valence-electron chi connectivity index (χ4n) is 3.47. The summed E-state index contributed by atoms with van der Waals surface area (Å²) in [5.74, 6) is 0. The summed E-state index contributed by atoms with van der Waals surface area (Å²) in [4.78, 5) is 6.99. The van der Waals surface area contributed by atoms with Crippen LogP contribution in [0.1, 0.15) is 37.6 Å². The van der Waals surface area contributed by atoms with E-state index in [9.17, 15) is 8.42 Å². The van der Waals surface area contributed by atoms with Crippen LogP contribution in [0.25, 0.3) is 10.6 Å². The highest BCUT2D eigenvalue weighted by molar-refractivity contribution is 7.91. The van der Waals surface area contributed by atoms with Gasteiger partial charge in [-0.3, -0.25) is 4.90 Å². The van der Waals surface area contributed by atoms with Crippen molar-refractivity contribution in [3.8, 4) is 10.6 Å². The van der Waals surface area contributed by atoms with Crippen LogP contribution in [-0.2, 0) is 28.4 Å². The van der Waals surface area contributed by atoms with Crippen molar-refractivity contribution >= 4 is 32.7 Å². The number of sulfonamides is 1. The molecule has 30 heavy (non-hydrogen) atoms. The molecule has 0 bridgehead atoms. The number of rotatable bonds is 6. The molecule has 5 nitrogen and oxygen atoms in total. The second-order valence-electron chi connectivity index (χ2n) is 8.63. The Bertz CT molecular complexity index is 1130. The van der Waals surface area contributed by atoms with E-state index >= 15 is 0 Å². The molecule has 1 aromatic carbocycles. The molecule has 0 spiro atoms. The van der Waals surface area contributed by atoms with E-state index in [0.29, 0.717) is 17.3 Å². The first-order valence-electron chi connectivity index (χ1n) is 10.1. The van der Waals surface area contributed by atoms with Crippen LogP contribution in [-0.4, -0.2) is 37.9 Å². The van der Waals surface area contributed by atoms with Crippen molar-refractivity contribution in [2.45, 2.75) is 43.4 Å². The average Bonchev–Trinajstić information content (AvgIpc) is 3.37. The van der Waals surface area contributed by atoms with Crippen LogP contribution in [0.15, 0.2) is 45.3 Å². The molecule has 2 aromatic heterocycles. The van der Waals surface area contributed by atoms with Crippen LogP contribution < -0.4 is 4.72 Å². The number of fused-ring (bicyclic) bond motifs is 1. The van der Waals surface area contributed by atoms with Gasteiger partial charge in [-0.1, -0.05) is 45.0 Å². The van der Waals surface area contributed by atoms with Crippen LogP contribution in [0.2, 0.25) is 0 Å². The van der Waals surface area contributed by atoms with E-state index in [1.54, 1.807) is 17.4 Å². The van der Waals surface area contributed by atoms with Gasteiger partial charge in [0.05, 0.1) is 5.69 Å². The molecule has 0 aliphatic carbocycles. The number of aromatic nitrogens is 1. The number of nitrogens with one attached hydrogen (secondary N) is 1. The molecule has 0 radical (unpaired) electrons. The Balaban J connectivity index is 1.36. The second kappa shape index (κ2) is 8.51. The largest absolute Gasteiger partial charge is 0.297 e. The Morgan fingerprint density at radius 3 is 2.63 bits per heavy atom. The first-order valence-corrected chi connectivity index (χ1v) is 13.3. The van der Waals surface area contributed by atoms with E-state index in [2.05, 4.69) is 60.0 Å². The topological polar surface area (TPSA) is 62.3 Å². The van der Waals surface area contributed by atoms with Crippen LogP contribution in [0.4, 0.5) is 0 Å². The summed E-state index contributed by atoms with van der Waals surface area (Å²) in [7, 11) is -3.51. The van der Waals surface area contributed by atoms with E-state index in [-0.39, 0.29) is 5.41 Å². The fraction of sp³-hybridized carbons (Fsp3) is 0.409. The molecule has 0 fully saturated rings. The summed E-state index contributed by atoms with van der Waals surface area (Å²) in [5.41, 5.74) is 4.62. The maximum absolute atomic E-state index is 12.7. The molecule has 4 rings (SSSR count). The molecule has 0 saturated carbocycles. The van der Waals surface area contributed by atoms with Crippen LogP contribution >= 0.6 is 22.7 Å². The Hall–Kier alpha value is -1.58. The number of hydrogen-bond donors (Lipinski definition) is 1. The highest BCUT2D eigenvalue weighted by atomic mass is 32.2. The predicted molar refractivity (Wildman–Crippen MR) is 125 cm³/mol. The molecule has 0 atom stereocenters. The summed E-state index contributed by atoms with van der Waals surface area (Å²) in [6.07, 6.45) is 1.02. The van der Waals surface area contributed by atoms with Gasteiger partial charge in [0.25, 0.3) is 0 Å². The highest BCUT2D eigenvalue weighted by Crippen LogP contribution is 2.33. The lowest BCUT2D eigenvalue weighted by Crippen LogP contribution is -2.37. The average molecular weight is 462 g/mol. The molecule has 1 aliphatic heterocycles. The van der Waals surface area contributed by atoms with E-state index < -0.39 is 10.0 Å². The van der Waals surface area contributed by atoms with E-state index in [4.69, 9.17) is 4.98 Å². The molecule has 3 heterocycles. The Morgan fingerprint density at radius 1 is 1.13 bits per heavy atom. The van der Waals surface area contributed by atoms with Crippen LogP contribution in [0.3, 0.4) is 0 Å². The number of nitrogens with zero attached hydrogens (tertiary/aromatic N) is 2. The van der Waals surface area contributed by atoms with Crippen molar-refractivity contribution in [1.29, 1.82) is 0 Å². The molecule has 0 saturated heterocycles. The SMILES string of the molecule is CC(C)(C)c1csc(-c2csc(S(=O)(=O)NCCN3CCc4ccccc4C3)c2)n1. The van der Waals surface area contributed by atoms with Crippen molar-refractivity contribution in [3.05, 3.63) is 57.9 Å². The van der Waals surface area contributed by atoms with Crippen molar-refractivity contribution in [2.75, 3.05) is 19.6 Å². The minimum atomic E-state index is -3.51. The van der Waals surface area contributed by atoms with Gasteiger partial charge in [-0.25, -0.2) is 18.1 Å². The lowest BCUT2D eigenvalue weighted by Gasteiger charge is -2.28. The third kappa shape index (κ3) is 4.84. The fourth-order valence-corrected chi connectivity index (χ4v) is 6.81. The number of benzene rings is 1. The first kappa shape index (κ1) is 21.6. The Kier molecular flexibility index (Phi) is 6.14. The smallest absolute Gasteiger partial charge is 0.250 e. The van der Waals surface area contributed by atoms with Gasteiger partial charge in [0.15, 0.2) is 0 Å². The maximum atomic E-state index is 12.7. The monoisotopic (exact) mass is 461 g/mol. The standard InChI is InChI=1S/C22H27N3O2S3/c1-22(2,3)19-15-29-21(24-19)18-12-20(28-14-18)30(26,27)23-9-11-25-10-8-16-6-4-5-7-17(16)13-25/h4-7,12,14-15,23H,8-11,13H2,1-3H3. The number of thiazole rings is 1. The van der Waals surface area contributed by atoms with Gasteiger partial charge in [-0.2, -0.15) is 0 Å². The van der Waals surface area contributed by atoms with Gasteiger partial charge < -0.3 is 0 Å². The molecule has 0 amide bonds. The second-order valence-corrected chi connectivity index (χ2v) is 12.4. The van der Waals surface area contributed by atoms with E-state index in [1.807, 2.05) is 5.38 Å². The highest BCUT2D eigenvalue weighted by Gasteiger charge is 2.22. The minimum absolute atomic E-state index is 0.0177. The van der Waals surface area contributed by atoms with E-state index in [0.717, 1.165) is 35.8 Å². The van der Waals surface area contributed by atoms with Gasteiger partial charge in [0, 0.05) is 47.9 Å². The summed E-state index contributed by atoms with van der Waals surface area (Å²) >= 11 is 2.81. The molecule has 160 valence electrons. The zero-order valence-corrected chi connectivity index (χ0v) is 20.0. The first-order chi connectivity index (χ1) is 14.2. The maximum Gasteiger partial charge on any atom is 0.250 e. The summed E-state index contributed by atoms with van der Waals surface area (Å²) in [6, 6.07) is 10.2. The van der Waals surface area contributed by atoms with Gasteiger partial charge in [-0.05, 0) is 23.6 Å². The molecule has 1 aliphatic rings. The van der Waals surface area contributed by atoms with Gasteiger partial charge >= 0.3 is 0 Å². The van der Waals surface area contributed by atoms with Gasteiger partial charge in [0.2, 0.25) is 10.0 Å². The van der Waals surface area contributed by atoms with Crippen LogP contribution in [0.5, 0.6) is 0 Å². The molecule has 1 N–H and O–H groups in total. The Morgan fingerprint density at radius 2 is 1.90 bits per heavy atom. The molecule has 0 unspecified atom stereocenters. The molecule has 8 heteroatoms. The summed E-state index contributed by atoms with van der Waals surface area (Å²) in [5, 5.41) is 4.79. The zero-order valence-electron chi connectivity index (χ0n) is 17.5. The normalized spacial score (nSPS) is 15.3. The van der Waals surface area contributed by atoms with Crippen LogP contribution in [0, 0.1) is 0 Å². The van der Waals surface area contributed by atoms with Gasteiger partial charge in [0.1, 0.15) is 9.22 Å². The van der Waals surface area contributed by atoms with Gasteiger partial charge in [-0.15, -0.1) is 22.7 Å². The summed E-state index contributed by atoms with van der Waals surface area (Å²) in [6.45, 7) is 9.32. The number of hydrogen-bond acceptors (Lipinski definition) is 6. The lowest BCUT2D eigenvalue weighted by atomic mass is 9.93. The third-order valence-electron chi connectivity index (χ3n) is 5.29. The number of thiophene rings is 1.